The molecule has 0 N–H and O–H groups in total. The number of carbonyl (C=O) groups excluding carboxylic acids is 1. The van der Waals surface area contributed by atoms with Gasteiger partial charge in [-0.15, -0.1) is 0 Å². The maximum Gasteiger partial charge on any atom is 0.339 e. The molecule has 0 bridgehead atoms. The summed E-state index contributed by atoms with van der Waals surface area (Å²) in [5, 5.41) is 0. The molecule has 204 valence electrons. The molecule has 37 heavy (non-hydrogen) atoms. The zero-order valence-electron chi connectivity index (χ0n) is 23.4. The first-order valence-corrected chi connectivity index (χ1v) is 13.3. The van der Waals surface area contributed by atoms with Crippen LogP contribution in [0.5, 0.6) is 5.75 Å². The minimum atomic E-state index is -0.646. The van der Waals surface area contributed by atoms with Crippen LogP contribution >= 0.6 is 0 Å². The Labute approximate surface area is 221 Å². The standard InChI is InChI=1S/C30H42O7/c1-18-12-13-19(2)27-25(36-30(7,8)37-27)11-9-10-22-15-23(32-16-24-17-33-29(5,6)35-24)14-20(3)26(22)28(31)34-21(18)4/h9-10,12-15,18-19,21,24-25,27H,11,16-17H2,1-8H3/b10-9+,13-12-/t18-,19?,21+,24?,25+,27?/m1/s1. The molecule has 0 radical (unpaired) electrons. The van der Waals surface area contributed by atoms with Gasteiger partial charge in [0.15, 0.2) is 11.6 Å². The maximum atomic E-state index is 13.3. The van der Waals surface area contributed by atoms with Gasteiger partial charge in [-0.2, -0.15) is 0 Å². The molecule has 2 saturated heterocycles. The van der Waals surface area contributed by atoms with E-state index < -0.39 is 11.6 Å². The maximum absolute atomic E-state index is 13.3. The molecule has 1 aromatic carbocycles. The van der Waals surface area contributed by atoms with E-state index in [1.165, 1.54) is 0 Å². The van der Waals surface area contributed by atoms with Crippen molar-refractivity contribution < 1.29 is 33.2 Å². The van der Waals surface area contributed by atoms with Crippen molar-refractivity contribution in [2.75, 3.05) is 13.2 Å². The number of cyclic esters (lactones) is 1. The summed E-state index contributed by atoms with van der Waals surface area (Å²) in [6.45, 7) is 16.6. The van der Waals surface area contributed by atoms with Gasteiger partial charge in [0.25, 0.3) is 0 Å². The summed E-state index contributed by atoms with van der Waals surface area (Å²) >= 11 is 0. The molecule has 6 atom stereocenters. The van der Waals surface area contributed by atoms with Crippen molar-refractivity contribution in [1.82, 2.24) is 0 Å². The van der Waals surface area contributed by atoms with E-state index in [4.69, 9.17) is 28.4 Å². The average molecular weight is 515 g/mol. The van der Waals surface area contributed by atoms with Crippen LogP contribution in [0.4, 0.5) is 0 Å². The van der Waals surface area contributed by atoms with E-state index in [0.717, 1.165) is 11.1 Å². The number of hydrogen-bond acceptors (Lipinski definition) is 7. The Morgan fingerprint density at radius 1 is 0.973 bits per heavy atom. The summed E-state index contributed by atoms with van der Waals surface area (Å²) in [5.41, 5.74) is 2.08. The molecule has 3 aliphatic rings. The lowest BCUT2D eigenvalue weighted by Gasteiger charge is -2.23. The first kappa shape index (κ1) is 27.8. The van der Waals surface area contributed by atoms with Crippen LogP contribution in [0.15, 0.2) is 30.4 Å². The minimum Gasteiger partial charge on any atom is -0.491 e. The summed E-state index contributed by atoms with van der Waals surface area (Å²) < 4.78 is 36.0. The number of fused-ring (bicyclic) bond motifs is 2. The molecule has 3 aliphatic heterocycles. The van der Waals surface area contributed by atoms with E-state index in [1.807, 2.05) is 65.8 Å². The Bertz CT molecular complexity index is 1040. The van der Waals surface area contributed by atoms with Crippen LogP contribution in [0.25, 0.3) is 6.08 Å². The second-order valence-corrected chi connectivity index (χ2v) is 11.5. The number of benzene rings is 1. The van der Waals surface area contributed by atoms with Crippen LogP contribution in [0.3, 0.4) is 0 Å². The molecular formula is C30H42O7. The fourth-order valence-corrected chi connectivity index (χ4v) is 5.08. The van der Waals surface area contributed by atoms with Crippen LogP contribution in [-0.4, -0.2) is 55.2 Å². The third kappa shape index (κ3) is 6.82. The van der Waals surface area contributed by atoms with Crippen molar-refractivity contribution in [2.24, 2.45) is 11.8 Å². The van der Waals surface area contributed by atoms with Gasteiger partial charge in [-0.05, 0) is 71.2 Å². The average Bonchev–Trinajstić information content (AvgIpc) is 3.32. The van der Waals surface area contributed by atoms with Gasteiger partial charge >= 0.3 is 5.97 Å². The predicted octanol–water partition coefficient (Wildman–Crippen LogP) is 5.84. The Hall–Kier alpha value is -2.19. The molecule has 0 aromatic heterocycles. The highest BCUT2D eigenvalue weighted by atomic mass is 16.8. The lowest BCUT2D eigenvalue weighted by atomic mass is 9.94. The molecule has 3 unspecified atom stereocenters. The summed E-state index contributed by atoms with van der Waals surface area (Å²) in [5.74, 6) is -0.728. The zero-order valence-corrected chi connectivity index (χ0v) is 23.4. The van der Waals surface area contributed by atoms with Crippen LogP contribution in [0, 0.1) is 18.8 Å². The number of esters is 1. The molecule has 0 spiro atoms. The third-order valence-electron chi connectivity index (χ3n) is 7.20. The molecule has 3 heterocycles. The fourth-order valence-electron chi connectivity index (χ4n) is 5.08. The Balaban J connectivity index is 1.63. The molecule has 0 aliphatic carbocycles. The lowest BCUT2D eigenvalue weighted by Crippen LogP contribution is -2.29. The van der Waals surface area contributed by atoms with Crippen molar-refractivity contribution in [3.63, 3.8) is 0 Å². The minimum absolute atomic E-state index is 0.0444. The first-order chi connectivity index (χ1) is 17.3. The highest BCUT2D eigenvalue weighted by molar-refractivity contribution is 5.95. The van der Waals surface area contributed by atoms with Crippen molar-refractivity contribution in [1.29, 1.82) is 0 Å². The SMILES string of the molecule is Cc1cc(OCC2COC(C)(C)O2)cc2c1C(=O)O[C@@H](C)[C@H](C)/C=C\C(C)C1OC(C)(C)O[C@H]1C/C=C/2. The normalized spacial score (nSPS) is 35.1. The quantitative estimate of drug-likeness (QED) is 0.371. The first-order valence-electron chi connectivity index (χ1n) is 13.3. The molecule has 1 aromatic rings. The second kappa shape index (κ2) is 10.9. The van der Waals surface area contributed by atoms with Gasteiger partial charge in [0.05, 0.1) is 24.4 Å². The van der Waals surface area contributed by atoms with Gasteiger partial charge < -0.3 is 28.4 Å². The Kier molecular flexibility index (Phi) is 8.19. The van der Waals surface area contributed by atoms with Crippen LogP contribution < -0.4 is 4.74 Å². The summed E-state index contributed by atoms with van der Waals surface area (Å²) in [6.07, 6.45) is 8.30. The Morgan fingerprint density at radius 2 is 1.70 bits per heavy atom. The smallest absolute Gasteiger partial charge is 0.339 e. The van der Waals surface area contributed by atoms with Crippen LogP contribution in [0.2, 0.25) is 0 Å². The second-order valence-electron chi connectivity index (χ2n) is 11.5. The van der Waals surface area contributed by atoms with Gasteiger partial charge in [0, 0.05) is 11.8 Å². The molecular weight excluding hydrogens is 472 g/mol. The summed E-state index contributed by atoms with van der Waals surface area (Å²) in [6, 6.07) is 3.76. The molecule has 2 fully saturated rings. The largest absolute Gasteiger partial charge is 0.491 e. The van der Waals surface area contributed by atoms with Gasteiger partial charge in [0.1, 0.15) is 24.6 Å². The molecule has 7 heteroatoms. The summed E-state index contributed by atoms with van der Waals surface area (Å²) in [4.78, 5) is 13.3. The summed E-state index contributed by atoms with van der Waals surface area (Å²) in [7, 11) is 0. The monoisotopic (exact) mass is 514 g/mol. The number of aryl methyl sites for hydroxylation is 1. The van der Waals surface area contributed by atoms with E-state index in [9.17, 15) is 4.79 Å². The van der Waals surface area contributed by atoms with Gasteiger partial charge in [0.2, 0.25) is 0 Å². The molecule has 0 amide bonds. The van der Waals surface area contributed by atoms with Crippen LogP contribution in [-0.2, 0) is 23.7 Å². The number of carbonyl (C=O) groups is 1. The van der Waals surface area contributed by atoms with Crippen molar-refractivity contribution in [2.45, 2.75) is 97.8 Å². The van der Waals surface area contributed by atoms with E-state index in [2.05, 4.69) is 26.0 Å². The molecule has 0 saturated carbocycles. The van der Waals surface area contributed by atoms with Gasteiger partial charge in [-0.3, -0.25) is 0 Å². The fraction of sp³-hybridized carbons (Fsp3) is 0.633. The highest BCUT2D eigenvalue weighted by Crippen LogP contribution is 2.35. The van der Waals surface area contributed by atoms with E-state index in [1.54, 1.807) is 0 Å². The van der Waals surface area contributed by atoms with E-state index in [-0.39, 0.29) is 42.2 Å². The number of ether oxygens (including phenoxy) is 6. The van der Waals surface area contributed by atoms with Crippen LogP contribution in [0.1, 0.15) is 76.4 Å². The van der Waals surface area contributed by atoms with Crippen molar-refractivity contribution in [3.05, 3.63) is 47.1 Å². The topological polar surface area (TPSA) is 72.5 Å². The van der Waals surface area contributed by atoms with Gasteiger partial charge in [-0.1, -0.05) is 38.2 Å². The zero-order chi connectivity index (χ0) is 27.0. The van der Waals surface area contributed by atoms with E-state index in [0.29, 0.717) is 30.9 Å². The highest BCUT2D eigenvalue weighted by Gasteiger charge is 2.42. The number of hydrogen-bond donors (Lipinski definition) is 0. The third-order valence-corrected chi connectivity index (χ3v) is 7.20. The lowest BCUT2D eigenvalue weighted by molar-refractivity contribution is -0.148. The van der Waals surface area contributed by atoms with Crippen molar-refractivity contribution >= 4 is 12.0 Å². The Morgan fingerprint density at radius 3 is 2.41 bits per heavy atom. The molecule has 7 nitrogen and oxygen atoms in total. The van der Waals surface area contributed by atoms with Crippen molar-refractivity contribution in [3.8, 4) is 5.75 Å². The van der Waals surface area contributed by atoms with Gasteiger partial charge in [-0.25, -0.2) is 4.79 Å². The number of rotatable bonds is 3. The van der Waals surface area contributed by atoms with E-state index >= 15 is 0 Å². The molecule has 4 rings (SSSR count). The predicted molar refractivity (Wildman–Crippen MR) is 141 cm³/mol.